The number of fused-ring (bicyclic) bond motifs is 1. The van der Waals surface area contributed by atoms with Gasteiger partial charge in [-0.1, -0.05) is 30.3 Å². The first-order chi connectivity index (χ1) is 14.6. The molecule has 1 fully saturated rings. The fraction of sp³-hybridized carbons (Fsp3) is 0.375. The summed E-state index contributed by atoms with van der Waals surface area (Å²) in [5.41, 5.74) is 6.96. The lowest BCUT2D eigenvalue weighted by molar-refractivity contribution is 0.0706. The lowest BCUT2D eigenvalue weighted by atomic mass is 10.0. The first-order valence-corrected chi connectivity index (χ1v) is 10.5. The highest BCUT2D eigenvalue weighted by atomic mass is 19.1. The largest absolute Gasteiger partial charge is 0.343 e. The van der Waals surface area contributed by atoms with Crippen LogP contribution in [0.5, 0.6) is 0 Å². The Morgan fingerprint density at radius 2 is 1.80 bits per heavy atom. The maximum Gasteiger partial charge on any atom is 0.274 e. The van der Waals surface area contributed by atoms with Gasteiger partial charge in [0.15, 0.2) is 0 Å². The van der Waals surface area contributed by atoms with Gasteiger partial charge in [0, 0.05) is 48.3 Å². The number of piperidine rings is 1. The number of likely N-dealkylation sites (tertiary alicyclic amines) is 1. The number of alkyl halides is 1. The maximum atomic E-state index is 13.4. The van der Waals surface area contributed by atoms with Gasteiger partial charge in [-0.2, -0.15) is 0 Å². The van der Waals surface area contributed by atoms with Crippen LogP contribution < -0.4 is 5.48 Å². The van der Waals surface area contributed by atoms with Gasteiger partial charge < -0.3 is 9.47 Å². The number of hydrogen-bond acceptors (Lipinski definition) is 3. The first kappa shape index (κ1) is 20.6. The molecule has 2 heterocycles. The van der Waals surface area contributed by atoms with E-state index in [1.54, 1.807) is 17.6 Å². The van der Waals surface area contributed by atoms with E-state index in [0.717, 1.165) is 38.2 Å². The molecule has 0 atom stereocenters. The van der Waals surface area contributed by atoms with E-state index in [-0.39, 0.29) is 0 Å². The molecule has 4 rings (SSSR count). The first-order valence-electron chi connectivity index (χ1n) is 10.5. The minimum Gasteiger partial charge on any atom is -0.343 e. The van der Waals surface area contributed by atoms with Gasteiger partial charge in [-0.25, -0.2) is 9.87 Å². The van der Waals surface area contributed by atoms with Crippen LogP contribution in [0, 0.1) is 6.92 Å². The summed E-state index contributed by atoms with van der Waals surface area (Å²) >= 11 is 0. The van der Waals surface area contributed by atoms with Crippen molar-refractivity contribution < 1.29 is 14.4 Å². The number of carbonyl (C=O) groups is 1. The number of hydrogen-bond donors (Lipinski definition) is 2. The molecule has 0 bridgehead atoms. The normalized spacial score (nSPS) is 15.6. The highest BCUT2D eigenvalue weighted by Crippen LogP contribution is 2.28. The average molecular weight is 410 g/mol. The van der Waals surface area contributed by atoms with E-state index in [9.17, 15) is 9.18 Å². The summed E-state index contributed by atoms with van der Waals surface area (Å²) in [6.07, 6.45) is 1.41. The minimum absolute atomic E-state index is 0.428. The van der Waals surface area contributed by atoms with E-state index in [2.05, 4.69) is 40.7 Å². The quantitative estimate of drug-likeness (QED) is 0.476. The Balaban J connectivity index is 1.56. The van der Waals surface area contributed by atoms with Crippen LogP contribution in [-0.2, 0) is 13.0 Å². The van der Waals surface area contributed by atoms with Gasteiger partial charge in [-0.3, -0.25) is 10.0 Å². The van der Waals surface area contributed by atoms with Crippen molar-refractivity contribution in [3.8, 4) is 0 Å². The van der Waals surface area contributed by atoms with Crippen LogP contribution in [0.25, 0.3) is 10.9 Å². The molecule has 1 aromatic heterocycles. The van der Waals surface area contributed by atoms with Crippen LogP contribution in [0.3, 0.4) is 0 Å². The second-order valence-electron chi connectivity index (χ2n) is 8.06. The van der Waals surface area contributed by atoms with Gasteiger partial charge in [0.1, 0.15) is 6.17 Å². The van der Waals surface area contributed by atoms with Crippen molar-refractivity contribution in [2.24, 2.45) is 0 Å². The molecule has 0 saturated carbocycles. The Morgan fingerprint density at radius 3 is 2.50 bits per heavy atom. The highest BCUT2D eigenvalue weighted by Gasteiger charge is 2.19. The molecule has 158 valence electrons. The Bertz CT molecular complexity index is 1020. The van der Waals surface area contributed by atoms with Crippen LogP contribution >= 0.6 is 0 Å². The molecule has 2 aromatic carbocycles. The Morgan fingerprint density at radius 1 is 1.10 bits per heavy atom. The SMILES string of the molecule is Cc1c(Cc2ccc(C(=O)NO)cc2)c2ccccc2n1CCN1CCC(F)CC1. The number of nitrogens with zero attached hydrogens (tertiary/aromatic N) is 2. The van der Waals surface area contributed by atoms with Crippen LogP contribution in [0.1, 0.15) is 40.0 Å². The smallest absolute Gasteiger partial charge is 0.274 e. The van der Waals surface area contributed by atoms with Crippen molar-refractivity contribution in [3.05, 3.63) is 70.9 Å². The Kier molecular flexibility index (Phi) is 6.16. The molecule has 1 aliphatic rings. The number of para-hydroxylation sites is 1. The van der Waals surface area contributed by atoms with Crippen molar-refractivity contribution in [2.75, 3.05) is 19.6 Å². The number of aromatic nitrogens is 1. The van der Waals surface area contributed by atoms with Crippen molar-refractivity contribution >= 4 is 16.8 Å². The van der Waals surface area contributed by atoms with E-state index in [0.29, 0.717) is 18.4 Å². The van der Waals surface area contributed by atoms with Gasteiger partial charge in [0.05, 0.1) is 0 Å². The summed E-state index contributed by atoms with van der Waals surface area (Å²) in [5, 5.41) is 10.0. The average Bonchev–Trinajstić information content (AvgIpc) is 3.04. The number of rotatable bonds is 6. The number of carbonyl (C=O) groups excluding carboxylic acids is 1. The fourth-order valence-electron chi connectivity index (χ4n) is 4.42. The van der Waals surface area contributed by atoms with Gasteiger partial charge in [0.2, 0.25) is 0 Å². The third kappa shape index (κ3) is 4.25. The molecule has 2 N–H and O–H groups in total. The second-order valence-corrected chi connectivity index (χ2v) is 8.06. The van der Waals surface area contributed by atoms with Crippen molar-refractivity contribution in [2.45, 2.75) is 38.9 Å². The van der Waals surface area contributed by atoms with Gasteiger partial charge in [-0.05, 0) is 55.5 Å². The molecule has 1 saturated heterocycles. The van der Waals surface area contributed by atoms with Gasteiger partial charge in [-0.15, -0.1) is 0 Å². The van der Waals surface area contributed by atoms with Crippen LogP contribution in [0.2, 0.25) is 0 Å². The minimum atomic E-state index is -0.642. The Hall–Kier alpha value is -2.70. The molecule has 3 aromatic rings. The number of amides is 1. The standard InChI is InChI=1S/C24H28FN3O2/c1-17-22(16-18-6-8-19(9-7-18)24(29)26-30)21-4-2-3-5-23(21)28(17)15-14-27-12-10-20(25)11-13-27/h2-9,20,30H,10-16H2,1H3,(H,26,29). The molecule has 1 aliphatic heterocycles. The summed E-state index contributed by atoms with van der Waals surface area (Å²) in [6, 6.07) is 15.8. The zero-order valence-corrected chi connectivity index (χ0v) is 17.3. The second kappa shape index (κ2) is 8.98. The highest BCUT2D eigenvalue weighted by molar-refractivity contribution is 5.93. The Labute approximate surface area is 176 Å². The molecule has 30 heavy (non-hydrogen) atoms. The van der Waals surface area contributed by atoms with Crippen LogP contribution in [0.15, 0.2) is 48.5 Å². The molecule has 1 amide bonds. The van der Waals surface area contributed by atoms with E-state index in [1.165, 1.54) is 22.2 Å². The van der Waals surface area contributed by atoms with Crippen molar-refractivity contribution in [1.29, 1.82) is 0 Å². The molecular weight excluding hydrogens is 381 g/mol. The van der Waals surface area contributed by atoms with Gasteiger partial charge >= 0.3 is 0 Å². The van der Waals surface area contributed by atoms with E-state index < -0.39 is 12.1 Å². The van der Waals surface area contributed by atoms with E-state index in [4.69, 9.17) is 5.21 Å². The number of hydroxylamine groups is 1. The van der Waals surface area contributed by atoms with Crippen LogP contribution in [0.4, 0.5) is 4.39 Å². The summed E-state index contributed by atoms with van der Waals surface area (Å²) < 4.78 is 15.8. The molecule has 0 unspecified atom stereocenters. The summed E-state index contributed by atoms with van der Waals surface area (Å²) in [5.74, 6) is -0.508. The molecule has 0 aliphatic carbocycles. The van der Waals surface area contributed by atoms with E-state index in [1.807, 2.05) is 12.1 Å². The summed E-state index contributed by atoms with van der Waals surface area (Å²) in [7, 11) is 0. The van der Waals surface area contributed by atoms with Gasteiger partial charge in [0.25, 0.3) is 5.91 Å². The van der Waals surface area contributed by atoms with Crippen molar-refractivity contribution in [1.82, 2.24) is 14.9 Å². The summed E-state index contributed by atoms with van der Waals surface area (Å²) in [6.45, 7) is 5.65. The lowest BCUT2D eigenvalue weighted by Crippen LogP contribution is -2.36. The molecule has 0 spiro atoms. The van der Waals surface area contributed by atoms with Crippen LogP contribution in [-0.4, -0.2) is 46.4 Å². The third-order valence-electron chi connectivity index (χ3n) is 6.22. The number of nitrogens with one attached hydrogen (secondary N) is 1. The number of benzene rings is 2. The lowest BCUT2D eigenvalue weighted by Gasteiger charge is -2.28. The predicted octanol–water partition coefficient (Wildman–Crippen LogP) is 4.09. The zero-order valence-electron chi connectivity index (χ0n) is 17.3. The third-order valence-corrected chi connectivity index (χ3v) is 6.22. The topological polar surface area (TPSA) is 57.5 Å². The number of halogens is 1. The molecule has 6 heteroatoms. The predicted molar refractivity (Wildman–Crippen MR) is 116 cm³/mol. The van der Waals surface area contributed by atoms with Crippen molar-refractivity contribution in [3.63, 3.8) is 0 Å². The fourth-order valence-corrected chi connectivity index (χ4v) is 4.42. The molecule has 5 nitrogen and oxygen atoms in total. The summed E-state index contributed by atoms with van der Waals surface area (Å²) in [4.78, 5) is 13.9. The maximum absolute atomic E-state index is 13.4. The molecule has 0 radical (unpaired) electrons. The zero-order chi connectivity index (χ0) is 21.1. The molecular formula is C24H28FN3O2. The monoisotopic (exact) mass is 409 g/mol. The van der Waals surface area contributed by atoms with E-state index >= 15 is 0 Å².